The number of para-hydroxylation sites is 1. The van der Waals surface area contributed by atoms with Crippen LogP contribution in [0.1, 0.15) is 18.1 Å². The SMILES string of the molecule is CCc1ccccc1N(CC(=O)NC)S(=O)(=O)c1ccc(C)cc1. The van der Waals surface area contributed by atoms with Gasteiger partial charge in [-0.3, -0.25) is 9.10 Å². The van der Waals surface area contributed by atoms with Crippen molar-refractivity contribution in [2.45, 2.75) is 25.2 Å². The predicted molar refractivity (Wildman–Crippen MR) is 95.6 cm³/mol. The van der Waals surface area contributed by atoms with Crippen molar-refractivity contribution in [2.24, 2.45) is 0 Å². The number of carbonyl (C=O) groups excluding carboxylic acids is 1. The molecular formula is C18H22N2O3S. The van der Waals surface area contributed by atoms with Crippen LogP contribution in [0.3, 0.4) is 0 Å². The second-order valence-corrected chi connectivity index (χ2v) is 7.34. The van der Waals surface area contributed by atoms with Crippen LogP contribution in [0.25, 0.3) is 0 Å². The van der Waals surface area contributed by atoms with Crippen molar-refractivity contribution in [3.05, 3.63) is 59.7 Å². The van der Waals surface area contributed by atoms with Gasteiger partial charge in [-0.05, 0) is 37.1 Å². The Labute approximate surface area is 143 Å². The first-order chi connectivity index (χ1) is 11.4. The highest BCUT2D eigenvalue weighted by atomic mass is 32.2. The van der Waals surface area contributed by atoms with Crippen molar-refractivity contribution in [3.63, 3.8) is 0 Å². The molecule has 0 heterocycles. The molecule has 0 radical (unpaired) electrons. The summed E-state index contributed by atoms with van der Waals surface area (Å²) in [7, 11) is -2.35. The second kappa shape index (κ2) is 7.49. The van der Waals surface area contributed by atoms with Crippen LogP contribution in [0.2, 0.25) is 0 Å². The first kappa shape index (κ1) is 18.0. The molecule has 0 spiro atoms. The van der Waals surface area contributed by atoms with Gasteiger partial charge in [0.15, 0.2) is 0 Å². The van der Waals surface area contributed by atoms with Gasteiger partial charge in [0, 0.05) is 7.05 Å². The molecule has 0 unspecified atom stereocenters. The summed E-state index contributed by atoms with van der Waals surface area (Å²) in [6.07, 6.45) is 0.670. The van der Waals surface area contributed by atoms with E-state index in [9.17, 15) is 13.2 Å². The van der Waals surface area contributed by atoms with E-state index in [2.05, 4.69) is 5.32 Å². The third kappa shape index (κ3) is 3.76. The number of benzene rings is 2. The molecule has 0 bridgehead atoms. The van der Waals surface area contributed by atoms with E-state index in [1.54, 1.807) is 36.4 Å². The van der Waals surface area contributed by atoms with E-state index in [0.717, 1.165) is 11.1 Å². The molecule has 2 aromatic rings. The van der Waals surface area contributed by atoms with Gasteiger partial charge in [-0.25, -0.2) is 8.42 Å². The molecule has 0 aliphatic carbocycles. The molecule has 0 saturated carbocycles. The number of amides is 1. The lowest BCUT2D eigenvalue weighted by Crippen LogP contribution is -2.40. The summed E-state index contributed by atoms with van der Waals surface area (Å²) in [6, 6.07) is 13.9. The zero-order valence-electron chi connectivity index (χ0n) is 14.1. The van der Waals surface area contributed by atoms with Crippen molar-refractivity contribution in [3.8, 4) is 0 Å². The van der Waals surface area contributed by atoms with Crippen molar-refractivity contribution < 1.29 is 13.2 Å². The molecule has 0 fully saturated rings. The second-order valence-electron chi connectivity index (χ2n) is 5.48. The number of carbonyl (C=O) groups is 1. The molecule has 2 aromatic carbocycles. The zero-order chi connectivity index (χ0) is 17.7. The Bertz CT molecular complexity index is 814. The maximum Gasteiger partial charge on any atom is 0.264 e. The first-order valence-corrected chi connectivity index (χ1v) is 9.22. The van der Waals surface area contributed by atoms with Gasteiger partial charge in [0.1, 0.15) is 6.54 Å². The normalized spacial score (nSPS) is 11.1. The number of nitrogens with one attached hydrogen (secondary N) is 1. The topological polar surface area (TPSA) is 66.5 Å². The molecule has 0 aromatic heterocycles. The van der Waals surface area contributed by atoms with E-state index < -0.39 is 10.0 Å². The monoisotopic (exact) mass is 346 g/mol. The fourth-order valence-corrected chi connectivity index (χ4v) is 3.86. The van der Waals surface area contributed by atoms with E-state index in [4.69, 9.17) is 0 Å². The lowest BCUT2D eigenvalue weighted by Gasteiger charge is -2.26. The molecular weight excluding hydrogens is 324 g/mol. The van der Waals surface area contributed by atoms with Crippen LogP contribution in [0, 0.1) is 6.92 Å². The molecule has 0 aliphatic heterocycles. The summed E-state index contributed by atoms with van der Waals surface area (Å²) in [6.45, 7) is 3.59. The van der Waals surface area contributed by atoms with Gasteiger partial charge >= 0.3 is 0 Å². The maximum atomic E-state index is 13.1. The van der Waals surface area contributed by atoms with Crippen LogP contribution in [0.15, 0.2) is 53.4 Å². The van der Waals surface area contributed by atoms with Crippen molar-refractivity contribution in [2.75, 3.05) is 17.9 Å². The minimum Gasteiger partial charge on any atom is -0.358 e. The van der Waals surface area contributed by atoms with Gasteiger partial charge < -0.3 is 5.32 Å². The van der Waals surface area contributed by atoms with Crippen LogP contribution in [0.4, 0.5) is 5.69 Å². The molecule has 0 aliphatic rings. The average Bonchev–Trinajstić information content (AvgIpc) is 2.59. The average molecular weight is 346 g/mol. The van der Waals surface area contributed by atoms with E-state index in [1.165, 1.54) is 11.4 Å². The quantitative estimate of drug-likeness (QED) is 0.874. The van der Waals surface area contributed by atoms with Crippen LogP contribution in [-0.4, -0.2) is 27.9 Å². The molecule has 1 amide bonds. The highest BCUT2D eigenvalue weighted by Crippen LogP contribution is 2.27. The van der Waals surface area contributed by atoms with Gasteiger partial charge in [0.2, 0.25) is 5.91 Å². The zero-order valence-corrected chi connectivity index (χ0v) is 14.9. The number of sulfonamides is 1. The van der Waals surface area contributed by atoms with Crippen LogP contribution in [0.5, 0.6) is 0 Å². The van der Waals surface area contributed by atoms with Crippen molar-refractivity contribution in [1.29, 1.82) is 0 Å². The van der Waals surface area contributed by atoms with Crippen molar-refractivity contribution in [1.82, 2.24) is 5.32 Å². The van der Waals surface area contributed by atoms with E-state index in [0.29, 0.717) is 12.1 Å². The Morgan fingerprint density at radius 3 is 2.29 bits per heavy atom. The Morgan fingerprint density at radius 1 is 1.08 bits per heavy atom. The Hall–Kier alpha value is -2.34. The molecule has 6 heteroatoms. The smallest absolute Gasteiger partial charge is 0.264 e. The number of aryl methyl sites for hydroxylation is 2. The van der Waals surface area contributed by atoms with Crippen LogP contribution < -0.4 is 9.62 Å². The molecule has 0 saturated heterocycles. The van der Waals surface area contributed by atoms with E-state index >= 15 is 0 Å². The first-order valence-electron chi connectivity index (χ1n) is 7.78. The molecule has 2 rings (SSSR count). The number of hydrogen-bond donors (Lipinski definition) is 1. The molecule has 1 N–H and O–H groups in total. The summed E-state index contributed by atoms with van der Waals surface area (Å²) in [5.74, 6) is -0.364. The minimum atomic E-state index is -3.84. The molecule has 5 nitrogen and oxygen atoms in total. The van der Waals surface area contributed by atoms with Crippen molar-refractivity contribution >= 4 is 21.6 Å². The Kier molecular flexibility index (Phi) is 5.62. The van der Waals surface area contributed by atoms with Crippen LogP contribution >= 0.6 is 0 Å². The molecule has 128 valence electrons. The Balaban J connectivity index is 2.57. The number of likely N-dealkylation sites (N-methyl/N-ethyl adjacent to an activating group) is 1. The van der Waals surface area contributed by atoms with E-state index in [1.807, 2.05) is 26.0 Å². The predicted octanol–water partition coefficient (Wildman–Crippen LogP) is 2.50. The minimum absolute atomic E-state index is 0.169. The van der Waals surface area contributed by atoms with Crippen LogP contribution in [-0.2, 0) is 21.2 Å². The lowest BCUT2D eigenvalue weighted by molar-refractivity contribution is -0.119. The summed E-state index contributed by atoms with van der Waals surface area (Å²) < 4.78 is 27.4. The summed E-state index contributed by atoms with van der Waals surface area (Å²) >= 11 is 0. The summed E-state index contributed by atoms with van der Waals surface area (Å²) in [4.78, 5) is 12.1. The number of hydrogen-bond acceptors (Lipinski definition) is 3. The Morgan fingerprint density at radius 2 is 1.71 bits per heavy atom. The van der Waals surface area contributed by atoms with Gasteiger partial charge in [0.05, 0.1) is 10.6 Å². The van der Waals surface area contributed by atoms with Gasteiger partial charge in [-0.15, -0.1) is 0 Å². The third-order valence-corrected chi connectivity index (χ3v) is 5.59. The lowest BCUT2D eigenvalue weighted by atomic mass is 10.1. The highest BCUT2D eigenvalue weighted by molar-refractivity contribution is 7.92. The van der Waals surface area contributed by atoms with Gasteiger partial charge in [-0.2, -0.15) is 0 Å². The molecule has 0 atom stereocenters. The van der Waals surface area contributed by atoms with Gasteiger partial charge in [-0.1, -0.05) is 42.8 Å². The fraction of sp³-hybridized carbons (Fsp3) is 0.278. The largest absolute Gasteiger partial charge is 0.358 e. The number of nitrogens with zero attached hydrogens (tertiary/aromatic N) is 1. The standard InChI is InChI=1S/C18H22N2O3S/c1-4-15-7-5-6-8-17(15)20(13-18(21)19-3)24(22,23)16-11-9-14(2)10-12-16/h5-12H,4,13H2,1-3H3,(H,19,21). The summed E-state index contributed by atoms with van der Waals surface area (Å²) in [5.41, 5.74) is 2.38. The van der Waals surface area contributed by atoms with E-state index in [-0.39, 0.29) is 17.3 Å². The molecule has 24 heavy (non-hydrogen) atoms. The number of rotatable bonds is 6. The number of anilines is 1. The highest BCUT2D eigenvalue weighted by Gasteiger charge is 2.28. The van der Waals surface area contributed by atoms with Gasteiger partial charge in [0.25, 0.3) is 10.0 Å². The third-order valence-electron chi connectivity index (χ3n) is 3.82. The summed E-state index contributed by atoms with van der Waals surface area (Å²) in [5, 5.41) is 2.49. The maximum absolute atomic E-state index is 13.1. The fourth-order valence-electron chi connectivity index (χ4n) is 2.40.